The fourth-order valence-electron chi connectivity index (χ4n) is 5.17. The average Bonchev–Trinajstić information content (AvgIpc) is 3.15. The van der Waals surface area contributed by atoms with Crippen molar-refractivity contribution in [3.8, 4) is 11.5 Å². The highest BCUT2D eigenvalue weighted by Gasteiger charge is 2.34. The standard InChI is InChI=1S/C32H32N2O3/c1-36-28-20-25-18-19-26(31(24-16-10-5-11-17-24)33-27(25)21-29(28)37-2)32(35)34-30(22-12-6-3-7-13-22)23-14-8-4-9-15-23/h3-17,20-21,26,30-31,33H,18-19H2,1-2H3,(H,34,35). The van der Waals surface area contributed by atoms with Crippen LogP contribution in [-0.4, -0.2) is 20.1 Å². The Morgan fingerprint density at radius 1 is 0.811 bits per heavy atom. The van der Waals surface area contributed by atoms with E-state index < -0.39 is 0 Å². The molecule has 1 heterocycles. The summed E-state index contributed by atoms with van der Waals surface area (Å²) in [6.45, 7) is 0. The maximum Gasteiger partial charge on any atom is 0.226 e. The largest absolute Gasteiger partial charge is 0.493 e. The lowest BCUT2D eigenvalue weighted by atomic mass is 9.88. The fourth-order valence-corrected chi connectivity index (χ4v) is 5.17. The number of methoxy groups -OCH3 is 2. The topological polar surface area (TPSA) is 59.6 Å². The molecule has 2 atom stereocenters. The zero-order valence-corrected chi connectivity index (χ0v) is 21.2. The van der Waals surface area contributed by atoms with E-state index in [1.54, 1.807) is 14.2 Å². The van der Waals surface area contributed by atoms with Crippen LogP contribution in [0.1, 0.15) is 40.8 Å². The Morgan fingerprint density at radius 2 is 1.35 bits per heavy atom. The fraction of sp³-hybridized carbons (Fsp3) is 0.219. The van der Waals surface area contributed by atoms with Crippen LogP contribution in [0.15, 0.2) is 103 Å². The number of ether oxygens (including phenoxy) is 2. The molecule has 0 fully saturated rings. The van der Waals surface area contributed by atoms with Gasteiger partial charge in [-0.05, 0) is 41.2 Å². The Bertz CT molecular complexity index is 1290. The van der Waals surface area contributed by atoms with Gasteiger partial charge in [-0.3, -0.25) is 4.79 Å². The first-order valence-corrected chi connectivity index (χ1v) is 12.6. The number of hydrogen-bond donors (Lipinski definition) is 2. The molecule has 37 heavy (non-hydrogen) atoms. The molecule has 2 N–H and O–H groups in total. The van der Waals surface area contributed by atoms with Gasteiger partial charge in [-0.2, -0.15) is 0 Å². The normalized spacial score (nSPS) is 16.7. The highest BCUT2D eigenvalue weighted by Crippen LogP contribution is 2.41. The lowest BCUT2D eigenvalue weighted by Gasteiger charge is -2.29. The average molecular weight is 493 g/mol. The van der Waals surface area contributed by atoms with E-state index in [1.165, 1.54) is 0 Å². The number of benzene rings is 4. The maximum absolute atomic E-state index is 14.1. The van der Waals surface area contributed by atoms with E-state index in [0.717, 1.165) is 34.4 Å². The minimum atomic E-state index is -0.290. The van der Waals surface area contributed by atoms with Crippen LogP contribution in [0.3, 0.4) is 0 Å². The number of hydrogen-bond acceptors (Lipinski definition) is 4. The molecule has 4 aromatic rings. The van der Waals surface area contributed by atoms with Crippen LogP contribution in [0.5, 0.6) is 11.5 Å². The number of aryl methyl sites for hydroxylation is 1. The molecule has 0 radical (unpaired) electrons. The first-order chi connectivity index (χ1) is 18.2. The van der Waals surface area contributed by atoms with Crippen molar-refractivity contribution in [3.05, 3.63) is 125 Å². The van der Waals surface area contributed by atoms with Crippen LogP contribution in [-0.2, 0) is 11.2 Å². The summed E-state index contributed by atoms with van der Waals surface area (Å²) in [5, 5.41) is 7.08. The minimum Gasteiger partial charge on any atom is -0.493 e. The van der Waals surface area contributed by atoms with Crippen LogP contribution in [0.4, 0.5) is 5.69 Å². The van der Waals surface area contributed by atoms with Crippen molar-refractivity contribution in [1.82, 2.24) is 5.32 Å². The number of rotatable bonds is 7. The number of nitrogens with one attached hydrogen (secondary N) is 2. The van der Waals surface area contributed by atoms with E-state index in [4.69, 9.17) is 9.47 Å². The van der Waals surface area contributed by atoms with Gasteiger partial charge >= 0.3 is 0 Å². The van der Waals surface area contributed by atoms with E-state index in [2.05, 4.69) is 47.0 Å². The molecule has 5 heteroatoms. The molecule has 5 nitrogen and oxygen atoms in total. The molecule has 0 saturated heterocycles. The van der Waals surface area contributed by atoms with E-state index in [9.17, 15) is 4.79 Å². The van der Waals surface area contributed by atoms with Crippen molar-refractivity contribution in [3.63, 3.8) is 0 Å². The lowest BCUT2D eigenvalue weighted by Crippen LogP contribution is -2.38. The summed E-state index contributed by atoms with van der Waals surface area (Å²) in [5.41, 5.74) is 5.25. The van der Waals surface area contributed by atoms with E-state index in [1.807, 2.05) is 66.7 Å². The van der Waals surface area contributed by atoms with Crippen LogP contribution in [0.2, 0.25) is 0 Å². The number of carbonyl (C=O) groups is 1. The Balaban J connectivity index is 1.50. The lowest BCUT2D eigenvalue weighted by molar-refractivity contribution is -0.126. The number of fused-ring (bicyclic) bond motifs is 1. The van der Waals surface area contributed by atoms with Crippen molar-refractivity contribution in [1.29, 1.82) is 0 Å². The number of anilines is 1. The van der Waals surface area contributed by atoms with Crippen molar-refractivity contribution < 1.29 is 14.3 Å². The Morgan fingerprint density at radius 3 is 1.92 bits per heavy atom. The molecule has 0 saturated carbocycles. The first kappa shape index (κ1) is 24.4. The molecule has 0 bridgehead atoms. The van der Waals surface area contributed by atoms with E-state index >= 15 is 0 Å². The number of amides is 1. The second kappa shape index (κ2) is 11.2. The minimum absolute atomic E-state index is 0.0193. The Kier molecular flexibility index (Phi) is 7.41. The molecule has 1 amide bonds. The van der Waals surface area contributed by atoms with Crippen LogP contribution in [0.25, 0.3) is 0 Å². The predicted molar refractivity (Wildman–Crippen MR) is 147 cm³/mol. The molecule has 1 aliphatic heterocycles. The third-order valence-electron chi connectivity index (χ3n) is 7.10. The van der Waals surface area contributed by atoms with Crippen LogP contribution in [0, 0.1) is 5.92 Å². The Hall–Kier alpha value is -4.25. The van der Waals surface area contributed by atoms with Gasteiger partial charge in [0.1, 0.15) is 0 Å². The van der Waals surface area contributed by atoms with E-state index in [-0.39, 0.29) is 23.9 Å². The van der Waals surface area contributed by atoms with Gasteiger partial charge in [0.25, 0.3) is 0 Å². The third kappa shape index (κ3) is 5.31. The summed E-state index contributed by atoms with van der Waals surface area (Å²) >= 11 is 0. The van der Waals surface area contributed by atoms with Crippen molar-refractivity contribution in [2.24, 2.45) is 5.92 Å². The summed E-state index contributed by atoms with van der Waals surface area (Å²) < 4.78 is 11.1. The van der Waals surface area contributed by atoms with E-state index in [0.29, 0.717) is 17.9 Å². The van der Waals surface area contributed by atoms with Gasteiger partial charge in [0, 0.05) is 11.8 Å². The number of carbonyl (C=O) groups excluding carboxylic acids is 1. The molecule has 0 aliphatic carbocycles. The molecular weight excluding hydrogens is 460 g/mol. The van der Waals surface area contributed by atoms with Crippen molar-refractivity contribution >= 4 is 11.6 Å². The molecule has 4 aromatic carbocycles. The molecule has 5 rings (SSSR count). The van der Waals surface area contributed by atoms with Gasteiger partial charge in [0.15, 0.2) is 11.5 Å². The summed E-state index contributed by atoms with van der Waals surface area (Å²) in [7, 11) is 3.28. The molecule has 0 aromatic heterocycles. The summed E-state index contributed by atoms with van der Waals surface area (Å²) in [6, 6.07) is 34.0. The zero-order chi connectivity index (χ0) is 25.6. The molecule has 188 valence electrons. The van der Waals surface area contributed by atoms with Gasteiger partial charge < -0.3 is 20.1 Å². The summed E-state index contributed by atoms with van der Waals surface area (Å²) in [6.07, 6.45) is 1.43. The second-order valence-electron chi connectivity index (χ2n) is 9.31. The SMILES string of the molecule is COc1cc2c(cc1OC)NC(c1ccccc1)C(C(=O)NC(c1ccccc1)c1ccccc1)CC2. The van der Waals surface area contributed by atoms with Crippen molar-refractivity contribution in [2.45, 2.75) is 24.9 Å². The van der Waals surface area contributed by atoms with Crippen LogP contribution < -0.4 is 20.1 Å². The van der Waals surface area contributed by atoms with Gasteiger partial charge in [-0.25, -0.2) is 0 Å². The quantitative estimate of drug-likeness (QED) is 0.317. The zero-order valence-electron chi connectivity index (χ0n) is 21.2. The highest BCUT2D eigenvalue weighted by molar-refractivity contribution is 5.82. The maximum atomic E-state index is 14.1. The van der Waals surface area contributed by atoms with Gasteiger partial charge in [0.2, 0.25) is 5.91 Å². The summed E-state index contributed by atoms with van der Waals surface area (Å²) in [5.74, 6) is 1.08. The molecule has 0 spiro atoms. The summed E-state index contributed by atoms with van der Waals surface area (Å²) in [4.78, 5) is 14.1. The first-order valence-electron chi connectivity index (χ1n) is 12.6. The molecule has 2 unspecified atom stereocenters. The highest BCUT2D eigenvalue weighted by atomic mass is 16.5. The molecular formula is C32H32N2O3. The molecule has 1 aliphatic rings. The van der Waals surface area contributed by atoms with Gasteiger partial charge in [0.05, 0.1) is 32.2 Å². The van der Waals surface area contributed by atoms with Gasteiger partial charge in [-0.15, -0.1) is 0 Å². The second-order valence-corrected chi connectivity index (χ2v) is 9.31. The van der Waals surface area contributed by atoms with Gasteiger partial charge in [-0.1, -0.05) is 91.0 Å². The van der Waals surface area contributed by atoms with Crippen LogP contribution >= 0.6 is 0 Å². The Labute approximate surface area is 218 Å². The predicted octanol–water partition coefficient (Wildman–Crippen LogP) is 6.33. The van der Waals surface area contributed by atoms with Crippen molar-refractivity contribution in [2.75, 3.05) is 19.5 Å². The monoisotopic (exact) mass is 492 g/mol. The third-order valence-corrected chi connectivity index (χ3v) is 7.10. The smallest absolute Gasteiger partial charge is 0.226 e.